The van der Waals surface area contributed by atoms with E-state index in [1.54, 1.807) is 30.3 Å². The van der Waals surface area contributed by atoms with Crippen molar-refractivity contribution in [3.63, 3.8) is 0 Å². The molecule has 0 saturated heterocycles. The summed E-state index contributed by atoms with van der Waals surface area (Å²) in [4.78, 5) is 12.3. The summed E-state index contributed by atoms with van der Waals surface area (Å²) in [6, 6.07) is 16.4. The fourth-order valence-corrected chi connectivity index (χ4v) is 2.72. The van der Waals surface area contributed by atoms with Crippen LogP contribution in [0, 0.1) is 10.5 Å². The van der Waals surface area contributed by atoms with Gasteiger partial charge in [0, 0.05) is 14.3 Å². The second-order valence-corrected chi connectivity index (χ2v) is 7.03. The van der Waals surface area contributed by atoms with Gasteiger partial charge in [-0.05, 0) is 83.6 Å². The van der Waals surface area contributed by atoms with Gasteiger partial charge in [0.05, 0.1) is 0 Å². The third kappa shape index (κ3) is 4.55. The molecular weight excluding hydrogens is 453 g/mol. The first kappa shape index (κ1) is 17.8. The van der Waals surface area contributed by atoms with Crippen LogP contribution in [0.3, 0.4) is 0 Å². The van der Waals surface area contributed by atoms with E-state index in [0.29, 0.717) is 16.5 Å². The van der Waals surface area contributed by atoms with E-state index in [9.17, 15) is 4.79 Å². The smallest absolute Gasteiger partial charge is 0.291 e. The highest BCUT2D eigenvalue weighted by atomic mass is 127. The number of benzene rings is 2. The van der Waals surface area contributed by atoms with Crippen LogP contribution in [0.25, 0.3) is 0 Å². The first-order valence-corrected chi connectivity index (χ1v) is 9.02. The Kier molecular flexibility index (Phi) is 5.65. The summed E-state index contributed by atoms with van der Waals surface area (Å²) in [5, 5.41) is 3.40. The lowest BCUT2D eigenvalue weighted by Crippen LogP contribution is -2.12. The van der Waals surface area contributed by atoms with Crippen molar-refractivity contribution in [2.24, 2.45) is 0 Å². The number of rotatable bonds is 5. The molecule has 1 heterocycles. The van der Waals surface area contributed by atoms with Crippen molar-refractivity contribution in [2.45, 2.75) is 13.5 Å². The van der Waals surface area contributed by atoms with E-state index in [1.807, 2.05) is 31.2 Å². The number of halogens is 2. The average molecular weight is 468 g/mol. The van der Waals surface area contributed by atoms with Gasteiger partial charge in [-0.25, -0.2) is 0 Å². The SMILES string of the molecule is Cc1c(Cl)cccc1NC(=O)c1ccc(COc2ccc(I)cc2)o1. The maximum atomic E-state index is 12.3. The summed E-state index contributed by atoms with van der Waals surface area (Å²) in [5.41, 5.74) is 1.47. The molecule has 4 nitrogen and oxygen atoms in total. The van der Waals surface area contributed by atoms with Crippen molar-refractivity contribution in [3.8, 4) is 5.75 Å². The van der Waals surface area contributed by atoms with Crippen LogP contribution < -0.4 is 10.1 Å². The molecule has 3 rings (SSSR count). The minimum atomic E-state index is -0.328. The lowest BCUT2D eigenvalue weighted by Gasteiger charge is -2.08. The zero-order valence-electron chi connectivity index (χ0n) is 13.4. The lowest BCUT2D eigenvalue weighted by molar-refractivity contribution is 0.0992. The Morgan fingerprint density at radius 1 is 1.16 bits per heavy atom. The molecule has 128 valence electrons. The summed E-state index contributed by atoms with van der Waals surface area (Å²) in [6.07, 6.45) is 0. The van der Waals surface area contributed by atoms with Crippen LogP contribution in [0.15, 0.2) is 59.0 Å². The summed E-state index contributed by atoms with van der Waals surface area (Å²) in [5.74, 6) is 1.22. The van der Waals surface area contributed by atoms with E-state index in [-0.39, 0.29) is 18.3 Å². The number of anilines is 1. The molecule has 1 N–H and O–H groups in total. The standard InChI is InChI=1S/C19H15ClINO3/c1-12-16(20)3-2-4-17(12)22-19(23)18-10-9-15(25-18)11-24-14-7-5-13(21)6-8-14/h2-10H,11H2,1H3,(H,22,23). The molecule has 1 amide bonds. The Labute approximate surface area is 164 Å². The lowest BCUT2D eigenvalue weighted by atomic mass is 10.2. The molecule has 0 atom stereocenters. The van der Waals surface area contributed by atoms with Gasteiger partial charge in [0.15, 0.2) is 5.76 Å². The van der Waals surface area contributed by atoms with Gasteiger partial charge in [-0.1, -0.05) is 17.7 Å². The summed E-state index contributed by atoms with van der Waals surface area (Å²) >= 11 is 8.30. The van der Waals surface area contributed by atoms with Gasteiger partial charge in [0.1, 0.15) is 18.1 Å². The van der Waals surface area contributed by atoms with E-state index in [0.717, 1.165) is 14.9 Å². The van der Waals surface area contributed by atoms with Crippen molar-refractivity contribution in [1.82, 2.24) is 0 Å². The maximum Gasteiger partial charge on any atom is 0.291 e. The molecule has 25 heavy (non-hydrogen) atoms. The number of furan rings is 1. The summed E-state index contributed by atoms with van der Waals surface area (Å²) < 4.78 is 12.3. The Morgan fingerprint density at radius 2 is 1.92 bits per heavy atom. The van der Waals surface area contributed by atoms with E-state index >= 15 is 0 Å². The number of hydrogen-bond acceptors (Lipinski definition) is 3. The number of nitrogens with one attached hydrogen (secondary N) is 1. The van der Waals surface area contributed by atoms with Crippen LogP contribution >= 0.6 is 34.2 Å². The highest BCUT2D eigenvalue weighted by Crippen LogP contribution is 2.24. The second kappa shape index (κ2) is 7.93. The van der Waals surface area contributed by atoms with Gasteiger partial charge in [-0.3, -0.25) is 4.79 Å². The molecule has 3 aromatic rings. The summed E-state index contributed by atoms with van der Waals surface area (Å²) in [6.45, 7) is 2.10. The van der Waals surface area contributed by atoms with E-state index < -0.39 is 0 Å². The highest BCUT2D eigenvalue weighted by Gasteiger charge is 2.13. The highest BCUT2D eigenvalue weighted by molar-refractivity contribution is 14.1. The molecule has 0 spiro atoms. The molecule has 1 aromatic heterocycles. The molecule has 6 heteroatoms. The van der Waals surface area contributed by atoms with Crippen LogP contribution in [-0.2, 0) is 6.61 Å². The predicted octanol–water partition coefficient (Wildman–Crippen LogP) is 5.68. The molecule has 0 fully saturated rings. The molecule has 0 aliphatic carbocycles. The fourth-order valence-electron chi connectivity index (χ4n) is 2.19. The van der Waals surface area contributed by atoms with Gasteiger partial charge in [0.2, 0.25) is 0 Å². The van der Waals surface area contributed by atoms with Crippen molar-refractivity contribution in [3.05, 3.63) is 80.3 Å². The van der Waals surface area contributed by atoms with Gasteiger partial charge in [-0.2, -0.15) is 0 Å². The van der Waals surface area contributed by atoms with Crippen molar-refractivity contribution < 1.29 is 13.9 Å². The number of carbonyl (C=O) groups excluding carboxylic acids is 1. The minimum Gasteiger partial charge on any atom is -0.486 e. The van der Waals surface area contributed by atoms with Crippen LogP contribution in [0.4, 0.5) is 5.69 Å². The number of hydrogen-bond donors (Lipinski definition) is 1. The first-order chi connectivity index (χ1) is 12.0. The second-order valence-electron chi connectivity index (χ2n) is 5.38. The average Bonchev–Trinajstić information content (AvgIpc) is 3.08. The maximum absolute atomic E-state index is 12.3. The van der Waals surface area contributed by atoms with E-state index in [4.69, 9.17) is 20.8 Å². The third-order valence-electron chi connectivity index (χ3n) is 3.60. The fraction of sp³-hybridized carbons (Fsp3) is 0.105. The van der Waals surface area contributed by atoms with Crippen molar-refractivity contribution in [2.75, 3.05) is 5.32 Å². The minimum absolute atomic E-state index is 0.223. The topological polar surface area (TPSA) is 51.5 Å². The van der Waals surface area contributed by atoms with E-state index in [2.05, 4.69) is 27.9 Å². The Hall–Kier alpha value is -1.99. The first-order valence-electron chi connectivity index (χ1n) is 7.56. The Morgan fingerprint density at radius 3 is 2.68 bits per heavy atom. The normalized spacial score (nSPS) is 10.5. The molecule has 2 aromatic carbocycles. The molecule has 0 radical (unpaired) electrons. The summed E-state index contributed by atoms with van der Waals surface area (Å²) in [7, 11) is 0. The van der Waals surface area contributed by atoms with Crippen LogP contribution in [0.5, 0.6) is 5.75 Å². The molecule has 0 aliphatic rings. The zero-order chi connectivity index (χ0) is 17.8. The molecule has 0 bridgehead atoms. The molecular formula is C19H15ClINO3. The van der Waals surface area contributed by atoms with Gasteiger partial charge in [0.25, 0.3) is 5.91 Å². The zero-order valence-corrected chi connectivity index (χ0v) is 16.3. The Bertz CT molecular complexity index is 890. The van der Waals surface area contributed by atoms with Crippen molar-refractivity contribution in [1.29, 1.82) is 0 Å². The van der Waals surface area contributed by atoms with Crippen LogP contribution in [0.2, 0.25) is 5.02 Å². The third-order valence-corrected chi connectivity index (χ3v) is 4.72. The predicted molar refractivity (Wildman–Crippen MR) is 106 cm³/mol. The Balaban J connectivity index is 1.63. The van der Waals surface area contributed by atoms with Crippen LogP contribution in [0.1, 0.15) is 21.9 Å². The van der Waals surface area contributed by atoms with Gasteiger partial charge in [-0.15, -0.1) is 0 Å². The van der Waals surface area contributed by atoms with Crippen LogP contribution in [-0.4, -0.2) is 5.91 Å². The quantitative estimate of drug-likeness (QED) is 0.491. The molecule has 0 aliphatic heterocycles. The van der Waals surface area contributed by atoms with Gasteiger partial charge < -0.3 is 14.5 Å². The van der Waals surface area contributed by atoms with E-state index in [1.165, 1.54) is 0 Å². The number of carbonyl (C=O) groups is 1. The number of ether oxygens (including phenoxy) is 1. The van der Waals surface area contributed by atoms with Crippen molar-refractivity contribution >= 4 is 45.8 Å². The largest absolute Gasteiger partial charge is 0.486 e. The monoisotopic (exact) mass is 467 g/mol. The molecule has 0 saturated carbocycles. The van der Waals surface area contributed by atoms with Gasteiger partial charge >= 0.3 is 0 Å². The molecule has 0 unspecified atom stereocenters. The number of amides is 1.